The van der Waals surface area contributed by atoms with Crippen molar-refractivity contribution in [2.75, 3.05) is 12.9 Å². The zero-order valence-electron chi connectivity index (χ0n) is 10.4. The molecule has 0 radical (unpaired) electrons. The molecule has 1 saturated carbocycles. The van der Waals surface area contributed by atoms with Crippen LogP contribution in [0.5, 0.6) is 5.75 Å². The Hall–Kier alpha value is -1.20. The number of primary amides is 1. The molecule has 5 heteroatoms. The van der Waals surface area contributed by atoms with Crippen LogP contribution in [0.2, 0.25) is 0 Å². The van der Waals surface area contributed by atoms with Crippen LogP contribution >= 0.6 is 11.8 Å². The molecule has 0 bridgehead atoms. The van der Waals surface area contributed by atoms with E-state index in [1.165, 1.54) is 0 Å². The number of carbonyl (C=O) groups excluding carboxylic acids is 1. The number of ether oxygens (including phenoxy) is 1. The summed E-state index contributed by atoms with van der Waals surface area (Å²) in [4.78, 5) is 12.4. The maximum atomic E-state index is 11.3. The van der Waals surface area contributed by atoms with Gasteiger partial charge in [0.05, 0.1) is 13.2 Å². The fourth-order valence-electron chi connectivity index (χ4n) is 1.62. The Bertz CT molecular complexity index is 421. The van der Waals surface area contributed by atoms with E-state index < -0.39 is 0 Å². The third kappa shape index (κ3) is 3.92. The Kier molecular flexibility index (Phi) is 4.49. The van der Waals surface area contributed by atoms with Gasteiger partial charge >= 0.3 is 0 Å². The maximum absolute atomic E-state index is 11.3. The van der Waals surface area contributed by atoms with Gasteiger partial charge in [0.25, 0.3) is 0 Å². The van der Waals surface area contributed by atoms with Crippen molar-refractivity contribution in [1.82, 2.24) is 5.32 Å². The van der Waals surface area contributed by atoms with E-state index in [0.29, 0.717) is 11.8 Å². The molecule has 1 aromatic carbocycles. The number of nitrogens with one attached hydrogen (secondary N) is 1. The minimum Gasteiger partial charge on any atom is -0.497 e. The molecule has 4 nitrogen and oxygen atoms in total. The average molecular weight is 266 g/mol. The second-order valence-electron chi connectivity index (χ2n) is 4.39. The Morgan fingerprint density at radius 2 is 2.39 bits per heavy atom. The van der Waals surface area contributed by atoms with Crippen molar-refractivity contribution in [1.29, 1.82) is 0 Å². The highest BCUT2D eigenvalue weighted by atomic mass is 32.2. The predicted octanol–water partition coefficient (Wildman–Crippen LogP) is 1.39. The van der Waals surface area contributed by atoms with Crippen molar-refractivity contribution in [3.05, 3.63) is 24.3 Å². The number of rotatable bonds is 7. The van der Waals surface area contributed by atoms with Crippen molar-refractivity contribution in [3.63, 3.8) is 0 Å². The van der Waals surface area contributed by atoms with E-state index in [9.17, 15) is 4.79 Å². The van der Waals surface area contributed by atoms with E-state index >= 15 is 0 Å². The monoisotopic (exact) mass is 266 g/mol. The molecule has 18 heavy (non-hydrogen) atoms. The molecule has 0 heterocycles. The van der Waals surface area contributed by atoms with Crippen molar-refractivity contribution in [2.45, 2.75) is 29.8 Å². The first-order valence-electron chi connectivity index (χ1n) is 6.01. The van der Waals surface area contributed by atoms with Crippen LogP contribution in [0.1, 0.15) is 12.8 Å². The van der Waals surface area contributed by atoms with Gasteiger partial charge in [0.1, 0.15) is 5.75 Å². The van der Waals surface area contributed by atoms with Crippen LogP contribution in [-0.2, 0) is 4.79 Å². The van der Waals surface area contributed by atoms with E-state index in [4.69, 9.17) is 10.5 Å². The molecule has 1 atom stereocenters. The molecule has 1 aromatic rings. The largest absolute Gasteiger partial charge is 0.497 e. The molecule has 0 spiro atoms. The molecule has 2 rings (SSSR count). The lowest BCUT2D eigenvalue weighted by Gasteiger charge is -2.14. The number of nitrogens with two attached hydrogens (primary N) is 1. The van der Waals surface area contributed by atoms with Crippen LogP contribution in [0.4, 0.5) is 0 Å². The van der Waals surface area contributed by atoms with Crippen LogP contribution in [0.25, 0.3) is 0 Å². The van der Waals surface area contributed by atoms with Crippen molar-refractivity contribution >= 4 is 17.7 Å². The SMILES string of the molecule is COc1cccc(SCC(NC2CC2)C(N)=O)c1. The standard InChI is InChI=1S/C13H18N2O2S/c1-17-10-3-2-4-11(7-10)18-8-12(13(14)16)15-9-5-6-9/h2-4,7,9,12,15H,5-6,8H2,1H3,(H2,14,16). The minimum atomic E-state index is -0.280. The second-order valence-corrected chi connectivity index (χ2v) is 5.48. The number of amides is 1. The first kappa shape index (κ1) is 13.2. The van der Waals surface area contributed by atoms with Gasteiger partial charge in [0.2, 0.25) is 5.91 Å². The lowest BCUT2D eigenvalue weighted by atomic mass is 10.3. The zero-order valence-corrected chi connectivity index (χ0v) is 11.2. The fraction of sp³-hybridized carbons (Fsp3) is 0.462. The van der Waals surface area contributed by atoms with Crippen LogP contribution < -0.4 is 15.8 Å². The van der Waals surface area contributed by atoms with Gasteiger partial charge in [0.15, 0.2) is 0 Å². The van der Waals surface area contributed by atoms with Crippen molar-refractivity contribution in [3.8, 4) is 5.75 Å². The summed E-state index contributed by atoms with van der Waals surface area (Å²) in [6.45, 7) is 0. The summed E-state index contributed by atoms with van der Waals surface area (Å²) in [7, 11) is 1.64. The summed E-state index contributed by atoms with van der Waals surface area (Å²) in [6.07, 6.45) is 2.29. The maximum Gasteiger partial charge on any atom is 0.235 e. The Labute approximate surface area is 111 Å². The van der Waals surface area contributed by atoms with E-state index in [1.807, 2.05) is 24.3 Å². The lowest BCUT2D eigenvalue weighted by molar-refractivity contribution is -0.119. The predicted molar refractivity (Wildman–Crippen MR) is 72.9 cm³/mol. The quantitative estimate of drug-likeness (QED) is 0.732. The molecule has 1 aliphatic carbocycles. The van der Waals surface area contributed by atoms with Crippen LogP contribution in [0.15, 0.2) is 29.2 Å². The van der Waals surface area contributed by atoms with Gasteiger partial charge in [-0.2, -0.15) is 0 Å². The number of benzene rings is 1. The van der Waals surface area contributed by atoms with Gasteiger partial charge in [-0.1, -0.05) is 6.07 Å². The summed E-state index contributed by atoms with van der Waals surface area (Å²) in [6, 6.07) is 8.02. The topological polar surface area (TPSA) is 64.3 Å². The average Bonchev–Trinajstić information content (AvgIpc) is 3.18. The van der Waals surface area contributed by atoms with Crippen LogP contribution in [0, 0.1) is 0 Å². The highest BCUT2D eigenvalue weighted by molar-refractivity contribution is 7.99. The van der Waals surface area contributed by atoms with E-state index in [0.717, 1.165) is 23.5 Å². The highest BCUT2D eigenvalue weighted by Gasteiger charge is 2.27. The smallest absolute Gasteiger partial charge is 0.235 e. The zero-order chi connectivity index (χ0) is 13.0. The normalized spacial score (nSPS) is 16.3. The van der Waals surface area contributed by atoms with Gasteiger partial charge in [-0.05, 0) is 31.0 Å². The Morgan fingerprint density at radius 3 is 3.00 bits per heavy atom. The number of thioether (sulfide) groups is 1. The van der Waals surface area contributed by atoms with Gasteiger partial charge in [-0.3, -0.25) is 4.79 Å². The number of hydrogen-bond acceptors (Lipinski definition) is 4. The molecule has 1 fully saturated rings. The fourth-order valence-corrected chi connectivity index (χ4v) is 2.61. The summed E-state index contributed by atoms with van der Waals surface area (Å²) in [5.41, 5.74) is 5.39. The Morgan fingerprint density at radius 1 is 1.61 bits per heavy atom. The van der Waals surface area contributed by atoms with Gasteiger partial charge in [0, 0.05) is 16.7 Å². The van der Waals surface area contributed by atoms with E-state index in [2.05, 4.69) is 5.32 Å². The molecule has 0 aliphatic heterocycles. The lowest BCUT2D eigenvalue weighted by Crippen LogP contribution is -2.44. The molecule has 1 amide bonds. The number of hydrogen-bond donors (Lipinski definition) is 2. The molecule has 98 valence electrons. The highest BCUT2D eigenvalue weighted by Crippen LogP contribution is 2.25. The summed E-state index contributed by atoms with van der Waals surface area (Å²) >= 11 is 1.61. The molecule has 0 saturated heterocycles. The first-order chi connectivity index (χ1) is 8.69. The van der Waals surface area contributed by atoms with E-state index in [-0.39, 0.29) is 11.9 Å². The summed E-state index contributed by atoms with van der Waals surface area (Å²) in [5, 5.41) is 3.26. The molecule has 0 aromatic heterocycles. The van der Waals surface area contributed by atoms with E-state index in [1.54, 1.807) is 18.9 Å². The molecule has 3 N–H and O–H groups in total. The van der Waals surface area contributed by atoms with Gasteiger partial charge < -0.3 is 15.8 Å². The third-order valence-electron chi connectivity index (χ3n) is 2.82. The Balaban J connectivity index is 1.88. The van der Waals surface area contributed by atoms with Crippen molar-refractivity contribution in [2.24, 2.45) is 5.73 Å². The van der Waals surface area contributed by atoms with Crippen LogP contribution in [0.3, 0.4) is 0 Å². The molecular formula is C13H18N2O2S. The number of carbonyl (C=O) groups is 1. The number of methoxy groups -OCH3 is 1. The summed E-state index contributed by atoms with van der Waals surface area (Å²) < 4.78 is 5.16. The second kappa shape index (κ2) is 6.11. The first-order valence-corrected chi connectivity index (χ1v) is 7.00. The minimum absolute atomic E-state index is 0.256. The van der Waals surface area contributed by atoms with Crippen LogP contribution in [-0.4, -0.2) is 30.9 Å². The van der Waals surface area contributed by atoms with Gasteiger partial charge in [-0.25, -0.2) is 0 Å². The molecule has 1 unspecified atom stereocenters. The molecule has 1 aliphatic rings. The summed E-state index contributed by atoms with van der Waals surface area (Å²) in [5.74, 6) is 1.20. The van der Waals surface area contributed by atoms with Gasteiger partial charge in [-0.15, -0.1) is 11.8 Å². The van der Waals surface area contributed by atoms with Crippen molar-refractivity contribution < 1.29 is 9.53 Å². The third-order valence-corrected chi connectivity index (χ3v) is 3.90. The molecular weight excluding hydrogens is 248 g/mol.